The Bertz CT molecular complexity index is 1160. The van der Waals surface area contributed by atoms with Gasteiger partial charge in [-0.15, -0.1) is 0 Å². The second-order valence-corrected chi connectivity index (χ2v) is 8.88. The number of fused-ring (bicyclic) bond motifs is 2. The number of amides is 1. The molecule has 0 unspecified atom stereocenters. The summed E-state index contributed by atoms with van der Waals surface area (Å²) in [5.41, 5.74) is 2.50. The van der Waals surface area contributed by atoms with Crippen LogP contribution >= 0.6 is 23.4 Å². The lowest BCUT2D eigenvalue weighted by Gasteiger charge is -2.22. The van der Waals surface area contributed by atoms with E-state index in [-0.39, 0.29) is 11.5 Å². The summed E-state index contributed by atoms with van der Waals surface area (Å²) in [6.07, 6.45) is 0.852. The number of thioether (sulfide) groups is 1. The Morgan fingerprint density at radius 3 is 2.90 bits per heavy atom. The monoisotopic (exact) mass is 443 g/mol. The fourth-order valence-corrected chi connectivity index (χ4v) is 4.80. The molecule has 1 aliphatic rings. The van der Waals surface area contributed by atoms with Crippen molar-refractivity contribution in [1.29, 1.82) is 0 Å². The van der Waals surface area contributed by atoms with Gasteiger partial charge in [0.15, 0.2) is 5.16 Å². The first kappa shape index (κ1) is 20.9. The highest BCUT2D eigenvalue weighted by Crippen LogP contribution is 2.31. The Balaban J connectivity index is 1.66. The molecule has 0 saturated carbocycles. The van der Waals surface area contributed by atoms with Crippen LogP contribution in [0.1, 0.15) is 12.5 Å². The van der Waals surface area contributed by atoms with Gasteiger partial charge in [-0.2, -0.15) is 0 Å². The Kier molecular flexibility index (Phi) is 6.13. The molecular weight excluding hydrogens is 422 g/mol. The SMILES string of the molecule is COCCn1c(S[C@H](C)C(=O)N2CCc3ccccc32)nc2cc(Cl)ccc2c1=O. The summed E-state index contributed by atoms with van der Waals surface area (Å²) in [6.45, 7) is 3.25. The van der Waals surface area contributed by atoms with E-state index in [4.69, 9.17) is 16.3 Å². The second-order valence-electron chi connectivity index (χ2n) is 7.13. The first-order valence-corrected chi connectivity index (χ1v) is 11.0. The number of rotatable bonds is 6. The molecule has 156 valence electrons. The highest BCUT2D eigenvalue weighted by atomic mass is 35.5. The molecule has 0 spiro atoms. The minimum absolute atomic E-state index is 0.00341. The number of halogens is 1. The summed E-state index contributed by atoms with van der Waals surface area (Å²) in [5, 5.41) is 1.08. The molecular formula is C22H22ClN3O3S. The number of para-hydroxylation sites is 1. The van der Waals surface area contributed by atoms with E-state index in [2.05, 4.69) is 11.1 Å². The van der Waals surface area contributed by atoms with E-state index in [0.29, 0.717) is 40.8 Å². The van der Waals surface area contributed by atoms with Crippen molar-refractivity contribution in [2.45, 2.75) is 30.3 Å². The van der Waals surface area contributed by atoms with Crippen molar-refractivity contribution in [2.24, 2.45) is 0 Å². The van der Waals surface area contributed by atoms with Crippen LogP contribution in [0.4, 0.5) is 5.69 Å². The van der Waals surface area contributed by atoms with Crippen molar-refractivity contribution >= 4 is 45.9 Å². The Labute approximate surface area is 183 Å². The van der Waals surface area contributed by atoms with Crippen LogP contribution in [0, 0.1) is 0 Å². The summed E-state index contributed by atoms with van der Waals surface area (Å²) in [7, 11) is 1.59. The van der Waals surface area contributed by atoms with E-state index in [1.54, 1.807) is 29.9 Å². The molecule has 2 aromatic carbocycles. The Hall–Kier alpha value is -2.35. The van der Waals surface area contributed by atoms with Gasteiger partial charge in [0, 0.05) is 24.4 Å². The third-order valence-electron chi connectivity index (χ3n) is 5.18. The molecule has 1 aliphatic heterocycles. The predicted molar refractivity (Wildman–Crippen MR) is 121 cm³/mol. The third kappa shape index (κ3) is 3.97. The van der Waals surface area contributed by atoms with Gasteiger partial charge in [0.05, 0.1) is 29.3 Å². The third-order valence-corrected chi connectivity index (χ3v) is 6.50. The molecule has 0 N–H and O–H groups in total. The Morgan fingerprint density at radius 1 is 1.30 bits per heavy atom. The fraction of sp³-hybridized carbons (Fsp3) is 0.318. The van der Waals surface area contributed by atoms with Crippen LogP contribution in [-0.4, -0.2) is 41.0 Å². The minimum Gasteiger partial charge on any atom is -0.383 e. The summed E-state index contributed by atoms with van der Waals surface area (Å²) < 4.78 is 6.74. The van der Waals surface area contributed by atoms with Gasteiger partial charge >= 0.3 is 0 Å². The van der Waals surface area contributed by atoms with E-state index in [9.17, 15) is 9.59 Å². The topological polar surface area (TPSA) is 64.4 Å². The fourth-order valence-electron chi connectivity index (χ4n) is 3.64. The molecule has 0 saturated heterocycles. The summed E-state index contributed by atoms with van der Waals surface area (Å²) in [4.78, 5) is 32.7. The van der Waals surface area contributed by atoms with Crippen LogP contribution in [0.2, 0.25) is 5.02 Å². The van der Waals surface area contributed by atoms with Crippen LogP contribution in [0.15, 0.2) is 52.4 Å². The quantitative estimate of drug-likeness (QED) is 0.428. The summed E-state index contributed by atoms with van der Waals surface area (Å²) >= 11 is 7.39. The zero-order chi connectivity index (χ0) is 21.3. The van der Waals surface area contributed by atoms with Crippen LogP contribution in [0.3, 0.4) is 0 Å². The van der Waals surface area contributed by atoms with Gasteiger partial charge in [0.2, 0.25) is 5.91 Å². The molecule has 8 heteroatoms. The number of hydrogen-bond donors (Lipinski definition) is 0. The molecule has 1 atom stereocenters. The average molecular weight is 444 g/mol. The van der Waals surface area contributed by atoms with E-state index in [1.165, 1.54) is 17.3 Å². The highest BCUT2D eigenvalue weighted by molar-refractivity contribution is 8.00. The molecule has 4 rings (SSSR count). The lowest BCUT2D eigenvalue weighted by atomic mass is 10.2. The molecule has 0 radical (unpaired) electrons. The van der Waals surface area contributed by atoms with E-state index in [0.717, 1.165) is 12.1 Å². The maximum Gasteiger partial charge on any atom is 0.262 e. The van der Waals surface area contributed by atoms with Gasteiger partial charge < -0.3 is 9.64 Å². The zero-order valence-electron chi connectivity index (χ0n) is 16.8. The molecule has 30 heavy (non-hydrogen) atoms. The number of aromatic nitrogens is 2. The molecule has 0 aliphatic carbocycles. The molecule has 2 heterocycles. The van der Waals surface area contributed by atoms with E-state index >= 15 is 0 Å². The van der Waals surface area contributed by atoms with E-state index in [1.807, 2.05) is 30.0 Å². The molecule has 0 bridgehead atoms. The number of hydrogen-bond acceptors (Lipinski definition) is 5. The normalized spacial score (nSPS) is 14.2. The smallest absolute Gasteiger partial charge is 0.262 e. The second kappa shape index (κ2) is 8.79. The van der Waals surface area contributed by atoms with Crippen molar-refractivity contribution in [2.75, 3.05) is 25.2 Å². The van der Waals surface area contributed by atoms with Crippen molar-refractivity contribution in [3.05, 3.63) is 63.4 Å². The number of carbonyl (C=O) groups excluding carboxylic acids is 1. The number of nitrogens with zero attached hydrogens (tertiary/aromatic N) is 3. The van der Waals surface area contributed by atoms with Crippen LogP contribution < -0.4 is 10.5 Å². The number of benzene rings is 2. The Morgan fingerprint density at radius 2 is 2.10 bits per heavy atom. The lowest BCUT2D eigenvalue weighted by Crippen LogP contribution is -2.36. The number of carbonyl (C=O) groups is 1. The molecule has 1 amide bonds. The average Bonchev–Trinajstić information content (AvgIpc) is 3.17. The largest absolute Gasteiger partial charge is 0.383 e. The van der Waals surface area contributed by atoms with Gasteiger partial charge in [0.25, 0.3) is 5.56 Å². The summed E-state index contributed by atoms with van der Waals surface area (Å²) in [5.74, 6) is 0.00341. The first-order valence-electron chi connectivity index (χ1n) is 9.74. The van der Waals surface area contributed by atoms with Gasteiger partial charge in [-0.05, 0) is 43.2 Å². The molecule has 6 nitrogen and oxygen atoms in total. The van der Waals surface area contributed by atoms with Gasteiger partial charge in [-0.3, -0.25) is 14.2 Å². The maximum absolute atomic E-state index is 13.2. The lowest BCUT2D eigenvalue weighted by molar-refractivity contribution is -0.117. The van der Waals surface area contributed by atoms with Gasteiger partial charge in [-0.25, -0.2) is 4.98 Å². The van der Waals surface area contributed by atoms with Crippen molar-refractivity contribution < 1.29 is 9.53 Å². The van der Waals surface area contributed by atoms with Crippen molar-refractivity contribution in [3.63, 3.8) is 0 Å². The minimum atomic E-state index is -0.409. The standard InChI is InChI=1S/C22H22ClN3O3S/c1-14(20(27)25-10-9-15-5-3-4-6-19(15)25)30-22-24-18-13-16(23)7-8-17(18)21(28)26(22)11-12-29-2/h3-8,13-14H,9-12H2,1-2H3/t14-/m1/s1. The number of anilines is 1. The van der Waals surface area contributed by atoms with Gasteiger partial charge in [0.1, 0.15) is 0 Å². The molecule has 0 fully saturated rings. The first-order chi connectivity index (χ1) is 14.5. The highest BCUT2D eigenvalue weighted by Gasteiger charge is 2.29. The summed E-state index contributed by atoms with van der Waals surface area (Å²) in [6, 6.07) is 13.0. The van der Waals surface area contributed by atoms with Crippen LogP contribution in [0.5, 0.6) is 0 Å². The van der Waals surface area contributed by atoms with Crippen LogP contribution in [0.25, 0.3) is 10.9 Å². The van der Waals surface area contributed by atoms with E-state index < -0.39 is 5.25 Å². The van der Waals surface area contributed by atoms with Crippen molar-refractivity contribution in [3.8, 4) is 0 Å². The molecule has 1 aromatic heterocycles. The predicted octanol–water partition coefficient (Wildman–Crippen LogP) is 3.77. The zero-order valence-corrected chi connectivity index (χ0v) is 18.4. The number of methoxy groups -OCH3 is 1. The maximum atomic E-state index is 13.2. The van der Waals surface area contributed by atoms with Crippen molar-refractivity contribution in [1.82, 2.24) is 9.55 Å². The van der Waals surface area contributed by atoms with Gasteiger partial charge in [-0.1, -0.05) is 41.6 Å². The molecule has 3 aromatic rings. The number of ether oxygens (including phenoxy) is 1. The van der Waals surface area contributed by atoms with Crippen LogP contribution in [-0.2, 0) is 22.5 Å².